The van der Waals surface area contributed by atoms with Gasteiger partial charge in [0.2, 0.25) is 5.91 Å². The van der Waals surface area contributed by atoms with Crippen molar-refractivity contribution in [1.29, 1.82) is 5.26 Å². The van der Waals surface area contributed by atoms with Gasteiger partial charge in [0.15, 0.2) is 5.78 Å². The molecule has 2 aromatic heterocycles. The first-order valence-electron chi connectivity index (χ1n) is 10.4. The third kappa shape index (κ3) is 4.65. The van der Waals surface area contributed by atoms with E-state index in [0.29, 0.717) is 11.1 Å². The Kier molecular flexibility index (Phi) is 6.01. The van der Waals surface area contributed by atoms with Crippen LogP contribution in [0, 0.1) is 11.3 Å². The topological polar surface area (TPSA) is 91.9 Å². The molecule has 4 rings (SSSR count). The number of para-hydroxylation sites is 1. The summed E-state index contributed by atoms with van der Waals surface area (Å²) in [6.45, 7) is -0.792. The summed E-state index contributed by atoms with van der Waals surface area (Å²) in [6, 6.07) is 9.90. The number of amides is 1. The van der Waals surface area contributed by atoms with Crippen molar-refractivity contribution in [2.24, 2.45) is 7.05 Å². The Labute approximate surface area is 188 Å². The first kappa shape index (κ1) is 22.3. The molecule has 3 aromatic rings. The Balaban J connectivity index is 1.48. The van der Waals surface area contributed by atoms with Crippen LogP contribution in [0.15, 0.2) is 42.7 Å². The summed E-state index contributed by atoms with van der Waals surface area (Å²) >= 11 is 0. The molecule has 0 unspecified atom stereocenters. The van der Waals surface area contributed by atoms with Crippen molar-refractivity contribution < 1.29 is 18.4 Å². The second-order valence-corrected chi connectivity index (χ2v) is 7.97. The third-order valence-corrected chi connectivity index (χ3v) is 5.66. The minimum atomic E-state index is -3.08. The molecule has 1 saturated heterocycles. The molecule has 0 radical (unpaired) electrons. The van der Waals surface area contributed by atoms with Crippen LogP contribution in [0.25, 0.3) is 23.1 Å². The molecule has 1 amide bonds. The van der Waals surface area contributed by atoms with Crippen molar-refractivity contribution in [1.82, 2.24) is 19.7 Å². The molecule has 0 spiro atoms. The summed E-state index contributed by atoms with van der Waals surface area (Å²) in [4.78, 5) is 30.2. The van der Waals surface area contributed by atoms with Gasteiger partial charge >= 0.3 is 0 Å². The van der Waals surface area contributed by atoms with Crippen LogP contribution in [0.4, 0.5) is 8.78 Å². The van der Waals surface area contributed by atoms with Crippen molar-refractivity contribution in [3.8, 4) is 6.07 Å². The summed E-state index contributed by atoms with van der Waals surface area (Å²) < 4.78 is 29.0. The molecule has 1 atom stereocenters. The van der Waals surface area contributed by atoms with Gasteiger partial charge in [0.25, 0.3) is 5.92 Å². The molecule has 0 bridgehead atoms. The highest BCUT2D eigenvalue weighted by Gasteiger charge is 2.47. The third-order valence-electron chi connectivity index (χ3n) is 5.66. The number of carbonyl (C=O) groups is 2. The Morgan fingerprint density at radius 3 is 2.82 bits per heavy atom. The first-order valence-corrected chi connectivity index (χ1v) is 10.4. The number of nitriles is 1. The molecule has 7 nitrogen and oxygen atoms in total. The van der Waals surface area contributed by atoms with Gasteiger partial charge < -0.3 is 4.90 Å². The Bertz CT molecular complexity index is 1290. The maximum Gasteiger partial charge on any atom is 0.268 e. The van der Waals surface area contributed by atoms with Crippen LogP contribution < -0.4 is 0 Å². The standard InChI is InChI=1S/C24H21F2N5O2/c1-30-21-5-3-2-4-19(21)20(29-30)7-6-16-14-28-11-10-18(16)22(32)8-9-23(33)31-15-24(25,26)12-17(31)13-27/h2-7,10-11,14,17H,8-9,12,15H2,1H3/b7-6+/t17-/m0/s1. The summed E-state index contributed by atoms with van der Waals surface area (Å²) in [5.74, 6) is -4.02. The largest absolute Gasteiger partial charge is 0.320 e. The van der Waals surface area contributed by atoms with E-state index in [1.165, 1.54) is 6.20 Å². The van der Waals surface area contributed by atoms with Gasteiger partial charge in [-0.15, -0.1) is 0 Å². The van der Waals surface area contributed by atoms with Crippen LogP contribution in [0.5, 0.6) is 0 Å². The first-order chi connectivity index (χ1) is 15.8. The fourth-order valence-corrected chi connectivity index (χ4v) is 4.02. The van der Waals surface area contributed by atoms with Crippen LogP contribution >= 0.6 is 0 Å². The van der Waals surface area contributed by atoms with Gasteiger partial charge in [-0.05, 0) is 18.2 Å². The summed E-state index contributed by atoms with van der Waals surface area (Å²) in [6.07, 6.45) is 5.48. The van der Waals surface area contributed by atoms with Crippen LogP contribution in [-0.4, -0.2) is 49.9 Å². The lowest BCUT2D eigenvalue weighted by Crippen LogP contribution is -2.36. The monoisotopic (exact) mass is 449 g/mol. The van der Waals surface area contributed by atoms with Crippen LogP contribution in [0.1, 0.15) is 40.9 Å². The van der Waals surface area contributed by atoms with E-state index >= 15 is 0 Å². The lowest BCUT2D eigenvalue weighted by molar-refractivity contribution is -0.132. The normalized spacial score (nSPS) is 17.5. The number of Topliss-reactive ketones (excluding diaryl/α,β-unsaturated/α-hetero) is 1. The Hall–Kier alpha value is -3.93. The predicted octanol–water partition coefficient (Wildman–Crippen LogP) is 3.86. The number of likely N-dealkylation sites (tertiary alicyclic amines) is 1. The van der Waals surface area contributed by atoms with Crippen molar-refractivity contribution >= 4 is 34.7 Å². The van der Waals surface area contributed by atoms with Crippen LogP contribution in [0.2, 0.25) is 0 Å². The van der Waals surface area contributed by atoms with E-state index in [4.69, 9.17) is 5.26 Å². The minimum Gasteiger partial charge on any atom is -0.320 e. The van der Waals surface area contributed by atoms with Gasteiger partial charge in [0.1, 0.15) is 6.04 Å². The number of aromatic nitrogens is 3. The van der Waals surface area contributed by atoms with E-state index in [0.717, 1.165) is 21.5 Å². The number of rotatable bonds is 6. The van der Waals surface area contributed by atoms with Crippen molar-refractivity contribution in [3.63, 3.8) is 0 Å². The number of hydrogen-bond acceptors (Lipinski definition) is 5. The summed E-state index contributed by atoms with van der Waals surface area (Å²) in [5, 5.41) is 14.5. The Morgan fingerprint density at radius 2 is 2.03 bits per heavy atom. The van der Waals surface area contributed by atoms with Crippen molar-refractivity contribution in [2.75, 3.05) is 6.54 Å². The highest BCUT2D eigenvalue weighted by Crippen LogP contribution is 2.32. The number of benzene rings is 1. The second kappa shape index (κ2) is 8.90. The SMILES string of the molecule is Cn1nc(/C=C/c2cnccc2C(=O)CCC(=O)N2CC(F)(F)C[C@H]2C#N)c2ccccc21. The predicted molar refractivity (Wildman–Crippen MR) is 118 cm³/mol. The molecule has 168 valence electrons. The molecule has 9 heteroatoms. The van der Waals surface area contributed by atoms with Crippen LogP contribution in [0.3, 0.4) is 0 Å². The highest BCUT2D eigenvalue weighted by atomic mass is 19.3. The number of carbonyl (C=O) groups excluding carboxylic acids is 2. The Morgan fingerprint density at radius 1 is 1.24 bits per heavy atom. The summed E-state index contributed by atoms with van der Waals surface area (Å²) in [7, 11) is 1.85. The summed E-state index contributed by atoms with van der Waals surface area (Å²) in [5.41, 5.74) is 2.65. The lowest BCUT2D eigenvalue weighted by Gasteiger charge is -2.18. The average Bonchev–Trinajstić information content (AvgIpc) is 3.31. The number of pyridine rings is 1. The number of hydrogen-bond donors (Lipinski definition) is 0. The van der Waals surface area contributed by atoms with Gasteiger partial charge in [-0.3, -0.25) is 19.3 Å². The smallest absolute Gasteiger partial charge is 0.268 e. The minimum absolute atomic E-state index is 0.156. The molecule has 1 aromatic carbocycles. The van der Waals surface area contributed by atoms with Gasteiger partial charge in [-0.2, -0.15) is 10.4 Å². The molecule has 1 aliphatic heterocycles. The van der Waals surface area contributed by atoms with Gasteiger partial charge in [-0.1, -0.05) is 24.3 Å². The maximum absolute atomic E-state index is 13.6. The molecule has 3 heterocycles. The zero-order valence-electron chi connectivity index (χ0n) is 17.9. The molecule has 1 aliphatic rings. The van der Waals surface area contributed by atoms with Gasteiger partial charge in [0, 0.05) is 55.2 Å². The molecule has 0 aliphatic carbocycles. The van der Waals surface area contributed by atoms with Crippen molar-refractivity contribution in [2.45, 2.75) is 31.2 Å². The zero-order valence-corrected chi connectivity index (χ0v) is 17.9. The number of fused-ring (bicyclic) bond motifs is 1. The van der Waals surface area contributed by atoms with E-state index in [1.54, 1.807) is 35.2 Å². The molecule has 1 fully saturated rings. The molecule has 33 heavy (non-hydrogen) atoms. The lowest BCUT2D eigenvalue weighted by atomic mass is 10.0. The van der Waals surface area contributed by atoms with Crippen LogP contribution in [-0.2, 0) is 11.8 Å². The molecule has 0 N–H and O–H groups in total. The fourth-order valence-electron chi connectivity index (χ4n) is 4.02. The number of nitrogens with zero attached hydrogens (tertiary/aromatic N) is 5. The van der Waals surface area contributed by atoms with E-state index < -0.39 is 30.8 Å². The number of aryl methyl sites for hydroxylation is 1. The van der Waals surface area contributed by atoms with Crippen molar-refractivity contribution in [3.05, 3.63) is 59.5 Å². The molecule has 0 saturated carbocycles. The van der Waals surface area contributed by atoms with Gasteiger partial charge in [0.05, 0.1) is 23.8 Å². The zero-order chi connectivity index (χ0) is 23.6. The van der Waals surface area contributed by atoms with Gasteiger partial charge in [-0.25, -0.2) is 8.78 Å². The second-order valence-electron chi connectivity index (χ2n) is 7.97. The average molecular weight is 449 g/mol. The molecular weight excluding hydrogens is 428 g/mol. The van der Waals surface area contributed by atoms with E-state index in [-0.39, 0.29) is 18.6 Å². The fraction of sp³-hybridized carbons (Fsp3) is 0.292. The number of halogens is 2. The van der Waals surface area contributed by atoms with E-state index in [9.17, 15) is 18.4 Å². The molecular formula is C24H21F2N5O2. The number of alkyl halides is 2. The van der Waals surface area contributed by atoms with E-state index in [1.807, 2.05) is 31.3 Å². The number of ketones is 1. The highest BCUT2D eigenvalue weighted by molar-refractivity contribution is 6.02. The maximum atomic E-state index is 13.6. The quantitative estimate of drug-likeness (QED) is 0.533. The van der Waals surface area contributed by atoms with E-state index in [2.05, 4.69) is 10.1 Å².